The van der Waals surface area contributed by atoms with Crippen molar-refractivity contribution >= 4 is 11.8 Å². The molecule has 0 aliphatic rings. The number of ether oxygens (including phenoxy) is 1. The molecule has 23 heavy (non-hydrogen) atoms. The van der Waals surface area contributed by atoms with Gasteiger partial charge in [0.15, 0.2) is 0 Å². The standard InChI is InChI=1S/C20H34O3/c1-5-6-7-8-9-13-19(21)16-20(22)23-15-14-18(4)12-10-11-17(2)3/h11,14H,5-10,12-13,15-16H2,1-4H3/b18-14+. The maximum Gasteiger partial charge on any atom is 0.313 e. The van der Waals surface area contributed by atoms with Gasteiger partial charge in [-0.2, -0.15) is 0 Å². The third-order valence-corrected chi connectivity index (χ3v) is 3.67. The SMILES string of the molecule is CCCCCCCC(=O)CC(=O)OC/C=C(\C)CCC=C(C)C. The van der Waals surface area contributed by atoms with Gasteiger partial charge in [-0.15, -0.1) is 0 Å². The summed E-state index contributed by atoms with van der Waals surface area (Å²) in [6.45, 7) is 8.64. The van der Waals surface area contributed by atoms with Crippen molar-refractivity contribution in [3.05, 3.63) is 23.3 Å². The molecule has 0 atom stereocenters. The highest BCUT2D eigenvalue weighted by atomic mass is 16.5. The van der Waals surface area contributed by atoms with Crippen LogP contribution in [-0.4, -0.2) is 18.4 Å². The Morgan fingerprint density at radius 1 is 0.913 bits per heavy atom. The third-order valence-electron chi connectivity index (χ3n) is 3.67. The Hall–Kier alpha value is -1.38. The van der Waals surface area contributed by atoms with E-state index < -0.39 is 5.97 Å². The smallest absolute Gasteiger partial charge is 0.313 e. The monoisotopic (exact) mass is 322 g/mol. The second-order valence-electron chi connectivity index (χ2n) is 6.43. The van der Waals surface area contributed by atoms with Crippen molar-refractivity contribution in [3.63, 3.8) is 0 Å². The molecule has 3 nitrogen and oxygen atoms in total. The van der Waals surface area contributed by atoms with Crippen LogP contribution in [0.15, 0.2) is 23.3 Å². The molecule has 0 aliphatic carbocycles. The zero-order valence-electron chi connectivity index (χ0n) is 15.5. The molecule has 0 aromatic heterocycles. The molecule has 0 rings (SSSR count). The summed E-state index contributed by atoms with van der Waals surface area (Å²) in [7, 11) is 0. The summed E-state index contributed by atoms with van der Waals surface area (Å²) in [4.78, 5) is 23.3. The van der Waals surface area contributed by atoms with Gasteiger partial charge in [0.25, 0.3) is 0 Å². The molecule has 0 spiro atoms. The van der Waals surface area contributed by atoms with Gasteiger partial charge in [-0.25, -0.2) is 0 Å². The Kier molecular flexibility index (Phi) is 13.4. The molecule has 0 fully saturated rings. The van der Waals surface area contributed by atoms with Gasteiger partial charge in [-0.05, 0) is 46.1 Å². The average Bonchev–Trinajstić information content (AvgIpc) is 2.46. The zero-order chi connectivity index (χ0) is 17.5. The van der Waals surface area contributed by atoms with Crippen molar-refractivity contribution in [2.24, 2.45) is 0 Å². The molecule has 0 N–H and O–H groups in total. The van der Waals surface area contributed by atoms with Crippen LogP contribution in [0.25, 0.3) is 0 Å². The van der Waals surface area contributed by atoms with Gasteiger partial charge in [-0.3, -0.25) is 9.59 Å². The van der Waals surface area contributed by atoms with Crippen molar-refractivity contribution in [1.29, 1.82) is 0 Å². The number of unbranched alkanes of at least 4 members (excludes halogenated alkanes) is 4. The van der Waals surface area contributed by atoms with E-state index in [0.717, 1.165) is 25.7 Å². The summed E-state index contributed by atoms with van der Waals surface area (Å²) >= 11 is 0. The van der Waals surface area contributed by atoms with Gasteiger partial charge in [0.2, 0.25) is 0 Å². The highest BCUT2D eigenvalue weighted by Crippen LogP contribution is 2.08. The van der Waals surface area contributed by atoms with E-state index in [9.17, 15) is 9.59 Å². The first-order valence-electron chi connectivity index (χ1n) is 8.92. The minimum absolute atomic E-state index is 0.00393. The quantitative estimate of drug-likeness (QED) is 0.193. The lowest BCUT2D eigenvalue weighted by Gasteiger charge is -2.04. The number of Topliss-reactive ketones (excluding diaryl/α,β-unsaturated/α-hetero) is 1. The Bertz CT molecular complexity index is 401. The van der Waals surface area contributed by atoms with Gasteiger partial charge < -0.3 is 4.74 Å². The van der Waals surface area contributed by atoms with Crippen molar-refractivity contribution in [2.75, 3.05) is 6.61 Å². The second kappa shape index (κ2) is 14.2. The molecule has 132 valence electrons. The number of hydrogen-bond acceptors (Lipinski definition) is 3. The average molecular weight is 322 g/mol. The van der Waals surface area contributed by atoms with Gasteiger partial charge in [0.1, 0.15) is 18.8 Å². The predicted octanol–water partition coefficient (Wildman–Crippen LogP) is 5.54. The summed E-state index contributed by atoms with van der Waals surface area (Å²) in [5.41, 5.74) is 2.52. The van der Waals surface area contributed by atoms with Crippen LogP contribution in [0.5, 0.6) is 0 Å². The molecule has 0 amide bonds. The van der Waals surface area contributed by atoms with E-state index in [1.54, 1.807) is 0 Å². The number of esters is 1. The largest absolute Gasteiger partial charge is 0.461 e. The lowest BCUT2D eigenvalue weighted by atomic mass is 10.1. The Morgan fingerprint density at radius 2 is 1.61 bits per heavy atom. The predicted molar refractivity (Wildman–Crippen MR) is 96.4 cm³/mol. The number of carbonyl (C=O) groups excluding carboxylic acids is 2. The van der Waals surface area contributed by atoms with Crippen LogP contribution >= 0.6 is 0 Å². The van der Waals surface area contributed by atoms with Crippen LogP contribution in [-0.2, 0) is 14.3 Å². The van der Waals surface area contributed by atoms with Gasteiger partial charge >= 0.3 is 5.97 Å². The van der Waals surface area contributed by atoms with Crippen LogP contribution in [0.4, 0.5) is 0 Å². The molecular weight excluding hydrogens is 288 g/mol. The minimum atomic E-state index is -0.406. The Balaban J connectivity index is 3.76. The van der Waals surface area contributed by atoms with Crippen LogP contribution < -0.4 is 0 Å². The van der Waals surface area contributed by atoms with Crippen molar-refractivity contribution in [2.45, 2.75) is 85.5 Å². The fourth-order valence-corrected chi connectivity index (χ4v) is 2.19. The lowest BCUT2D eigenvalue weighted by Crippen LogP contribution is -2.11. The van der Waals surface area contributed by atoms with E-state index in [-0.39, 0.29) is 18.8 Å². The fourth-order valence-electron chi connectivity index (χ4n) is 2.19. The summed E-state index contributed by atoms with van der Waals surface area (Å²) in [5.74, 6) is -0.410. The summed E-state index contributed by atoms with van der Waals surface area (Å²) in [5, 5.41) is 0. The zero-order valence-corrected chi connectivity index (χ0v) is 15.5. The van der Waals surface area contributed by atoms with E-state index in [1.165, 1.54) is 30.4 Å². The molecule has 0 heterocycles. The normalized spacial score (nSPS) is 11.2. The topological polar surface area (TPSA) is 43.4 Å². The van der Waals surface area contributed by atoms with Crippen molar-refractivity contribution in [1.82, 2.24) is 0 Å². The molecule has 3 heteroatoms. The molecule has 0 unspecified atom stereocenters. The maximum atomic E-state index is 11.7. The van der Waals surface area contributed by atoms with Gasteiger partial charge in [0, 0.05) is 6.42 Å². The Labute approximate surface area is 142 Å². The number of hydrogen-bond donors (Lipinski definition) is 0. The van der Waals surface area contributed by atoms with Gasteiger partial charge in [-0.1, -0.05) is 49.8 Å². The molecular formula is C20H34O3. The maximum absolute atomic E-state index is 11.7. The first-order chi connectivity index (χ1) is 11.0. The van der Waals surface area contributed by atoms with E-state index >= 15 is 0 Å². The molecule has 0 saturated heterocycles. The number of rotatable bonds is 13. The number of allylic oxidation sites excluding steroid dienone is 3. The number of carbonyl (C=O) groups is 2. The van der Waals surface area contributed by atoms with E-state index in [2.05, 4.69) is 26.8 Å². The minimum Gasteiger partial charge on any atom is -0.461 e. The molecule has 0 saturated carbocycles. The fraction of sp³-hybridized carbons (Fsp3) is 0.700. The third kappa shape index (κ3) is 15.3. The molecule has 0 aliphatic heterocycles. The highest BCUT2D eigenvalue weighted by Gasteiger charge is 2.09. The second-order valence-corrected chi connectivity index (χ2v) is 6.43. The number of ketones is 1. The van der Waals surface area contributed by atoms with Gasteiger partial charge in [0.05, 0.1) is 0 Å². The summed E-state index contributed by atoms with van der Waals surface area (Å²) in [6.07, 6.45) is 12.1. The highest BCUT2D eigenvalue weighted by molar-refractivity contribution is 5.95. The van der Waals surface area contributed by atoms with E-state index in [0.29, 0.717) is 6.42 Å². The Morgan fingerprint density at radius 3 is 2.26 bits per heavy atom. The molecule has 0 aromatic rings. The van der Waals surface area contributed by atoms with E-state index in [4.69, 9.17) is 4.74 Å². The summed E-state index contributed by atoms with van der Waals surface area (Å²) < 4.78 is 5.10. The first kappa shape index (κ1) is 21.6. The molecule has 0 aromatic carbocycles. The van der Waals surface area contributed by atoms with E-state index in [1.807, 2.05) is 13.0 Å². The lowest BCUT2D eigenvalue weighted by molar-refractivity contribution is -0.144. The summed E-state index contributed by atoms with van der Waals surface area (Å²) in [6, 6.07) is 0. The van der Waals surface area contributed by atoms with Crippen LogP contribution in [0, 0.1) is 0 Å². The van der Waals surface area contributed by atoms with Crippen molar-refractivity contribution < 1.29 is 14.3 Å². The molecule has 0 bridgehead atoms. The van der Waals surface area contributed by atoms with Crippen LogP contribution in [0.3, 0.4) is 0 Å². The van der Waals surface area contributed by atoms with Crippen LogP contribution in [0.1, 0.15) is 85.5 Å². The van der Waals surface area contributed by atoms with Crippen molar-refractivity contribution in [3.8, 4) is 0 Å². The first-order valence-corrected chi connectivity index (χ1v) is 8.92. The van der Waals surface area contributed by atoms with Crippen LogP contribution in [0.2, 0.25) is 0 Å². The molecule has 0 radical (unpaired) electrons.